The van der Waals surface area contributed by atoms with Gasteiger partial charge in [-0.3, -0.25) is 0 Å². The topological polar surface area (TPSA) is 69.6 Å². The van der Waals surface area contributed by atoms with Crippen LogP contribution in [0.4, 0.5) is 5.69 Å². The fourth-order valence-corrected chi connectivity index (χ4v) is 3.81. The number of aromatic hydroxyl groups is 1. The summed E-state index contributed by atoms with van der Waals surface area (Å²) in [6.07, 6.45) is 0. The Morgan fingerprint density at radius 2 is 1.78 bits per heavy atom. The highest BCUT2D eigenvalue weighted by Gasteiger charge is 2.13. The van der Waals surface area contributed by atoms with Gasteiger partial charge >= 0.3 is 5.97 Å². The second-order valence-electron chi connectivity index (χ2n) is 5.65. The normalized spacial score (nSPS) is 10.6. The molecule has 0 heterocycles. The number of benzene rings is 3. The van der Waals surface area contributed by atoms with Crippen molar-refractivity contribution in [3.05, 3.63) is 81.8 Å². The fraction of sp³-hybridized carbons (Fsp3) is 0.0500. The van der Waals surface area contributed by atoms with Crippen LogP contribution < -0.4 is 5.32 Å². The van der Waals surface area contributed by atoms with Gasteiger partial charge in [-0.15, -0.1) is 0 Å². The van der Waals surface area contributed by atoms with E-state index < -0.39 is 5.97 Å². The van der Waals surface area contributed by atoms with Gasteiger partial charge in [0.05, 0.1) is 15.7 Å². The molecule has 3 rings (SSSR count). The lowest BCUT2D eigenvalue weighted by atomic mass is 10.1. The van der Waals surface area contributed by atoms with Crippen LogP contribution in [0.3, 0.4) is 0 Å². The number of carbonyl (C=O) groups is 1. The minimum absolute atomic E-state index is 0.140. The van der Waals surface area contributed by atoms with Gasteiger partial charge in [0.2, 0.25) is 0 Å². The molecule has 0 atom stereocenters. The molecule has 0 unspecified atom stereocenters. The number of carboxylic acid groups (broad SMARTS) is 1. The molecule has 0 aliphatic rings. The van der Waals surface area contributed by atoms with Crippen LogP contribution in [0.25, 0.3) is 0 Å². The summed E-state index contributed by atoms with van der Waals surface area (Å²) in [5, 5.41) is 23.3. The number of hydrogen-bond donors (Lipinski definition) is 3. The number of halogens is 2. The van der Waals surface area contributed by atoms with Crippen molar-refractivity contribution in [2.75, 3.05) is 5.32 Å². The summed E-state index contributed by atoms with van der Waals surface area (Å²) < 4.78 is 0. The van der Waals surface area contributed by atoms with Gasteiger partial charge < -0.3 is 15.5 Å². The minimum Gasteiger partial charge on any atom is -0.505 e. The van der Waals surface area contributed by atoms with E-state index in [4.69, 9.17) is 28.3 Å². The molecule has 0 bridgehead atoms. The molecule has 0 aliphatic heterocycles. The van der Waals surface area contributed by atoms with E-state index in [0.717, 1.165) is 15.4 Å². The van der Waals surface area contributed by atoms with Crippen LogP contribution in [0.2, 0.25) is 10.0 Å². The van der Waals surface area contributed by atoms with E-state index in [1.54, 1.807) is 36.0 Å². The first-order chi connectivity index (χ1) is 13.0. The predicted octanol–water partition coefficient (Wildman–Crippen LogP) is 6.16. The molecule has 3 aromatic rings. The average Bonchev–Trinajstić information content (AvgIpc) is 2.65. The number of phenols is 1. The summed E-state index contributed by atoms with van der Waals surface area (Å²) in [7, 11) is 0. The molecule has 0 saturated heterocycles. The molecule has 138 valence electrons. The Morgan fingerprint density at radius 3 is 2.52 bits per heavy atom. The molecule has 0 radical (unpaired) electrons. The van der Waals surface area contributed by atoms with Gasteiger partial charge in [0.25, 0.3) is 0 Å². The van der Waals surface area contributed by atoms with E-state index in [-0.39, 0.29) is 11.3 Å². The number of carboxylic acids is 1. The SMILES string of the molecule is O=C(O)c1cccc(NCc2ccccc2Sc2ccc(Cl)c(Cl)c2)c1O. The van der Waals surface area contributed by atoms with Gasteiger partial charge in [-0.2, -0.15) is 0 Å². The number of nitrogens with one attached hydrogen (secondary N) is 1. The molecule has 0 spiro atoms. The minimum atomic E-state index is -1.17. The molecule has 3 N–H and O–H groups in total. The predicted molar refractivity (Wildman–Crippen MR) is 109 cm³/mol. The second kappa shape index (κ2) is 8.57. The first-order valence-corrected chi connectivity index (χ1v) is 9.53. The van der Waals surface area contributed by atoms with Crippen molar-refractivity contribution < 1.29 is 15.0 Å². The maximum atomic E-state index is 11.1. The molecule has 0 amide bonds. The summed E-state index contributed by atoms with van der Waals surface area (Å²) >= 11 is 13.6. The molecule has 3 aromatic carbocycles. The fourth-order valence-electron chi connectivity index (χ4n) is 2.47. The van der Waals surface area contributed by atoms with Crippen molar-refractivity contribution in [2.24, 2.45) is 0 Å². The molecule has 0 aromatic heterocycles. The highest BCUT2D eigenvalue weighted by Crippen LogP contribution is 2.35. The maximum absolute atomic E-state index is 11.1. The monoisotopic (exact) mass is 419 g/mol. The van der Waals surface area contributed by atoms with Crippen molar-refractivity contribution in [1.82, 2.24) is 0 Å². The molecule has 27 heavy (non-hydrogen) atoms. The number of aromatic carboxylic acids is 1. The van der Waals surface area contributed by atoms with Crippen molar-refractivity contribution in [3.63, 3.8) is 0 Å². The quantitative estimate of drug-likeness (QED) is 0.417. The third kappa shape index (κ3) is 4.69. The number of hydrogen-bond acceptors (Lipinski definition) is 4. The zero-order valence-electron chi connectivity index (χ0n) is 13.9. The lowest BCUT2D eigenvalue weighted by Gasteiger charge is -2.13. The zero-order chi connectivity index (χ0) is 19.4. The Morgan fingerprint density at radius 1 is 1.00 bits per heavy atom. The Balaban J connectivity index is 1.80. The molecular formula is C20H15Cl2NO3S. The van der Waals surface area contributed by atoms with Crippen LogP contribution in [0.5, 0.6) is 5.75 Å². The molecule has 0 fully saturated rings. The Labute approximate surface area is 170 Å². The average molecular weight is 420 g/mol. The number of anilines is 1. The molecule has 0 saturated carbocycles. The Hall–Kier alpha value is -2.34. The second-order valence-corrected chi connectivity index (χ2v) is 7.58. The Bertz CT molecular complexity index is 995. The molecular weight excluding hydrogens is 405 g/mol. The lowest BCUT2D eigenvalue weighted by molar-refractivity contribution is 0.0694. The number of para-hydroxylation sites is 1. The van der Waals surface area contributed by atoms with Crippen LogP contribution in [0.1, 0.15) is 15.9 Å². The van der Waals surface area contributed by atoms with Crippen LogP contribution in [0.15, 0.2) is 70.5 Å². The summed E-state index contributed by atoms with van der Waals surface area (Å²) in [5.41, 5.74) is 1.22. The van der Waals surface area contributed by atoms with Gasteiger partial charge in [-0.05, 0) is 42.0 Å². The molecule has 4 nitrogen and oxygen atoms in total. The van der Waals surface area contributed by atoms with Gasteiger partial charge in [-0.25, -0.2) is 4.79 Å². The third-order valence-corrected chi connectivity index (χ3v) is 5.67. The zero-order valence-corrected chi connectivity index (χ0v) is 16.3. The summed E-state index contributed by atoms with van der Waals surface area (Å²) in [6, 6.07) is 17.8. The maximum Gasteiger partial charge on any atom is 0.339 e. The van der Waals surface area contributed by atoms with Gasteiger partial charge in [0.1, 0.15) is 5.56 Å². The van der Waals surface area contributed by atoms with Gasteiger partial charge in [0, 0.05) is 16.3 Å². The Kier molecular flexibility index (Phi) is 6.16. The third-order valence-electron chi connectivity index (χ3n) is 3.83. The summed E-state index contributed by atoms with van der Waals surface area (Å²) in [5.74, 6) is -1.45. The van der Waals surface area contributed by atoms with Crippen LogP contribution in [-0.2, 0) is 6.54 Å². The van der Waals surface area contributed by atoms with E-state index in [9.17, 15) is 9.90 Å². The first kappa shape index (κ1) is 19.4. The van der Waals surface area contributed by atoms with Crippen molar-refractivity contribution in [3.8, 4) is 5.75 Å². The van der Waals surface area contributed by atoms with Crippen molar-refractivity contribution >= 4 is 46.6 Å². The smallest absolute Gasteiger partial charge is 0.339 e. The standard InChI is InChI=1S/C20H15Cl2NO3S/c21-15-9-8-13(10-16(15)22)27-18-7-2-1-4-12(18)11-23-17-6-3-5-14(19(17)24)20(25)26/h1-10,23-24H,11H2,(H,25,26). The first-order valence-electron chi connectivity index (χ1n) is 7.95. The van der Waals surface area contributed by atoms with Crippen LogP contribution in [-0.4, -0.2) is 16.2 Å². The van der Waals surface area contributed by atoms with Gasteiger partial charge in [0.15, 0.2) is 5.75 Å². The van der Waals surface area contributed by atoms with Crippen LogP contribution >= 0.6 is 35.0 Å². The number of rotatable bonds is 6. The van der Waals surface area contributed by atoms with E-state index in [0.29, 0.717) is 22.3 Å². The van der Waals surface area contributed by atoms with E-state index in [1.807, 2.05) is 30.3 Å². The molecule has 0 aliphatic carbocycles. The van der Waals surface area contributed by atoms with Crippen LogP contribution in [0, 0.1) is 0 Å². The summed E-state index contributed by atoms with van der Waals surface area (Å²) in [4.78, 5) is 13.1. The highest BCUT2D eigenvalue weighted by atomic mass is 35.5. The van der Waals surface area contributed by atoms with Gasteiger partial charge in [-0.1, -0.05) is 59.2 Å². The highest BCUT2D eigenvalue weighted by molar-refractivity contribution is 7.99. The largest absolute Gasteiger partial charge is 0.505 e. The van der Waals surface area contributed by atoms with Crippen molar-refractivity contribution in [2.45, 2.75) is 16.3 Å². The van der Waals surface area contributed by atoms with E-state index in [1.165, 1.54) is 6.07 Å². The van der Waals surface area contributed by atoms with Crippen molar-refractivity contribution in [1.29, 1.82) is 0 Å². The summed E-state index contributed by atoms with van der Waals surface area (Å²) in [6.45, 7) is 0.418. The van der Waals surface area contributed by atoms with E-state index >= 15 is 0 Å². The molecule has 7 heteroatoms. The lowest BCUT2D eigenvalue weighted by Crippen LogP contribution is -2.04. The van der Waals surface area contributed by atoms with E-state index in [2.05, 4.69) is 5.32 Å².